The van der Waals surface area contributed by atoms with Crippen molar-refractivity contribution in [1.82, 2.24) is 0 Å². The van der Waals surface area contributed by atoms with Crippen molar-refractivity contribution in [2.45, 2.75) is 58.1 Å². The lowest BCUT2D eigenvalue weighted by atomic mass is 9.66. The molecule has 0 spiro atoms. The van der Waals surface area contributed by atoms with E-state index in [2.05, 4.69) is 20.8 Å². The molecule has 0 fully saturated rings. The van der Waals surface area contributed by atoms with Crippen LogP contribution in [0.5, 0.6) is 0 Å². The van der Waals surface area contributed by atoms with Gasteiger partial charge in [0.2, 0.25) is 0 Å². The Kier molecular flexibility index (Phi) is 3.86. The molecule has 0 bridgehead atoms. The van der Waals surface area contributed by atoms with Crippen LogP contribution in [0.4, 0.5) is 0 Å². The maximum absolute atomic E-state index is 12.5. The summed E-state index contributed by atoms with van der Waals surface area (Å²) >= 11 is 0. The zero-order valence-corrected chi connectivity index (χ0v) is 15.1. The molecule has 0 radical (unpaired) electrons. The second-order valence-corrected chi connectivity index (χ2v) is 9.83. The summed E-state index contributed by atoms with van der Waals surface area (Å²) in [5.74, 6) is 0. The molecule has 1 aliphatic carbocycles. The van der Waals surface area contributed by atoms with Crippen molar-refractivity contribution in [3.8, 4) is 0 Å². The quantitative estimate of drug-likeness (QED) is 0.773. The summed E-state index contributed by atoms with van der Waals surface area (Å²) in [5, 5.41) is 0. The first kappa shape index (κ1) is 17.2. The highest BCUT2D eigenvalue weighted by molar-refractivity contribution is 7.86. The Morgan fingerprint density at radius 3 is 2.14 bits per heavy atom. The van der Waals surface area contributed by atoms with E-state index in [0.717, 1.165) is 16.7 Å². The molecule has 3 nitrogen and oxygen atoms in total. The smallest absolute Gasteiger partial charge is 0.275 e. The molecule has 0 saturated heterocycles. The summed E-state index contributed by atoms with van der Waals surface area (Å²) in [4.78, 5) is 0. The van der Waals surface area contributed by atoms with Crippen molar-refractivity contribution in [3.63, 3.8) is 0 Å². The maximum atomic E-state index is 12.5. The molecule has 122 valence electrons. The van der Waals surface area contributed by atoms with Crippen LogP contribution in [-0.4, -0.2) is 13.0 Å². The summed E-state index contributed by atoms with van der Waals surface area (Å²) in [6.45, 7) is 11.8. The van der Waals surface area contributed by atoms with Gasteiger partial charge < -0.3 is 0 Å². The first-order valence-electron chi connectivity index (χ1n) is 7.60. The zero-order chi connectivity index (χ0) is 17.0. The molecule has 0 aromatic heterocycles. The van der Waals surface area contributed by atoms with Crippen LogP contribution in [0.25, 0.3) is 6.08 Å². The van der Waals surface area contributed by atoms with E-state index in [1.54, 1.807) is 0 Å². The minimum Gasteiger partial charge on any atom is -0.285 e. The molecule has 1 N–H and O–H groups in total. The summed E-state index contributed by atoms with van der Waals surface area (Å²) in [6.07, 6.45) is 4.10. The largest absolute Gasteiger partial charge is 0.285 e. The van der Waals surface area contributed by atoms with Crippen LogP contribution in [-0.2, 0) is 20.3 Å². The topological polar surface area (TPSA) is 54.4 Å². The fourth-order valence-corrected chi connectivity index (χ4v) is 5.11. The lowest BCUT2D eigenvalue weighted by Crippen LogP contribution is -2.49. The molecule has 0 amide bonds. The Bertz CT molecular complexity index is 716. The van der Waals surface area contributed by atoms with Crippen molar-refractivity contribution in [3.05, 3.63) is 41.0 Å². The van der Waals surface area contributed by atoms with Gasteiger partial charge >= 0.3 is 0 Å². The van der Waals surface area contributed by atoms with Gasteiger partial charge in [-0.15, -0.1) is 0 Å². The standard InChI is InChI=1S/C18H26O3S/c1-16(2,3)14-11-7-9-13-10-8-12-18(15(13)14,17(4,5)6)22(19,20)21/h7-11H,12H2,1-6H3,(H,19,20,21). The van der Waals surface area contributed by atoms with Gasteiger partial charge in [0.1, 0.15) is 4.75 Å². The van der Waals surface area contributed by atoms with Crippen molar-refractivity contribution in [2.75, 3.05) is 0 Å². The molecule has 1 aromatic carbocycles. The van der Waals surface area contributed by atoms with Gasteiger partial charge in [0.15, 0.2) is 0 Å². The Morgan fingerprint density at radius 2 is 1.68 bits per heavy atom. The Balaban J connectivity index is 3.00. The molecule has 0 saturated carbocycles. The van der Waals surface area contributed by atoms with E-state index in [9.17, 15) is 13.0 Å². The van der Waals surface area contributed by atoms with Crippen LogP contribution in [0.3, 0.4) is 0 Å². The third-order valence-electron chi connectivity index (χ3n) is 4.66. The van der Waals surface area contributed by atoms with Crippen LogP contribution in [0.1, 0.15) is 64.7 Å². The second-order valence-electron chi connectivity index (χ2n) is 8.18. The predicted octanol–water partition coefficient (Wildman–Crippen LogP) is 4.53. The van der Waals surface area contributed by atoms with Crippen LogP contribution < -0.4 is 0 Å². The number of allylic oxidation sites excluding steroid dienone is 1. The predicted molar refractivity (Wildman–Crippen MR) is 91.5 cm³/mol. The number of benzene rings is 1. The molecule has 0 aliphatic heterocycles. The third kappa shape index (κ3) is 2.42. The molecular formula is C18H26O3S. The molecule has 1 aliphatic rings. The highest BCUT2D eigenvalue weighted by atomic mass is 32.2. The third-order valence-corrected chi connectivity index (χ3v) is 6.53. The monoisotopic (exact) mass is 322 g/mol. The van der Waals surface area contributed by atoms with E-state index in [0.29, 0.717) is 0 Å². The minimum atomic E-state index is -4.29. The summed E-state index contributed by atoms with van der Waals surface area (Å²) in [6, 6.07) is 5.85. The molecular weight excluding hydrogens is 296 g/mol. The van der Waals surface area contributed by atoms with Gasteiger partial charge in [0, 0.05) is 0 Å². The average molecular weight is 322 g/mol. The lowest BCUT2D eigenvalue weighted by molar-refractivity contribution is 0.244. The van der Waals surface area contributed by atoms with Crippen LogP contribution in [0.2, 0.25) is 0 Å². The Labute approximate surface area is 134 Å². The molecule has 0 heterocycles. The van der Waals surface area contributed by atoms with Crippen molar-refractivity contribution in [1.29, 1.82) is 0 Å². The van der Waals surface area contributed by atoms with Crippen molar-refractivity contribution < 1.29 is 13.0 Å². The van der Waals surface area contributed by atoms with E-state index in [1.165, 1.54) is 0 Å². The Morgan fingerprint density at radius 1 is 1.09 bits per heavy atom. The average Bonchev–Trinajstić information content (AvgIpc) is 2.33. The van der Waals surface area contributed by atoms with Gasteiger partial charge in [0.05, 0.1) is 0 Å². The van der Waals surface area contributed by atoms with Crippen LogP contribution >= 0.6 is 0 Å². The molecule has 1 aromatic rings. The van der Waals surface area contributed by atoms with Gasteiger partial charge in [-0.2, -0.15) is 8.42 Å². The lowest BCUT2D eigenvalue weighted by Gasteiger charge is -2.46. The van der Waals surface area contributed by atoms with Crippen molar-refractivity contribution >= 4 is 16.2 Å². The fourth-order valence-electron chi connectivity index (χ4n) is 3.54. The van der Waals surface area contributed by atoms with Gasteiger partial charge in [-0.25, -0.2) is 0 Å². The highest BCUT2D eigenvalue weighted by Gasteiger charge is 2.56. The van der Waals surface area contributed by atoms with E-state index in [4.69, 9.17) is 0 Å². The summed E-state index contributed by atoms with van der Waals surface area (Å²) < 4.78 is 33.9. The first-order valence-corrected chi connectivity index (χ1v) is 9.04. The SMILES string of the molecule is CC(C)(C)c1cccc2c1C(C(C)(C)C)(S(=O)(=O)O)CC=C2. The molecule has 1 atom stereocenters. The molecule has 22 heavy (non-hydrogen) atoms. The minimum absolute atomic E-state index is 0.211. The van der Waals surface area contributed by atoms with E-state index in [1.807, 2.05) is 51.1 Å². The van der Waals surface area contributed by atoms with Crippen molar-refractivity contribution in [2.24, 2.45) is 5.41 Å². The number of hydrogen-bond acceptors (Lipinski definition) is 2. The number of hydrogen-bond donors (Lipinski definition) is 1. The first-order chi connectivity index (χ1) is 9.82. The molecule has 1 unspecified atom stereocenters. The Hall–Kier alpha value is -1.13. The van der Waals surface area contributed by atoms with Gasteiger partial charge in [-0.3, -0.25) is 4.55 Å². The summed E-state index contributed by atoms with van der Waals surface area (Å²) in [5.41, 5.74) is 1.76. The van der Waals surface area contributed by atoms with E-state index in [-0.39, 0.29) is 11.8 Å². The zero-order valence-electron chi connectivity index (χ0n) is 14.3. The van der Waals surface area contributed by atoms with E-state index >= 15 is 0 Å². The maximum Gasteiger partial charge on any atom is 0.275 e. The van der Waals surface area contributed by atoms with Crippen LogP contribution in [0, 0.1) is 5.41 Å². The van der Waals surface area contributed by atoms with Gasteiger partial charge in [0.25, 0.3) is 10.1 Å². The fraction of sp³-hybridized carbons (Fsp3) is 0.556. The van der Waals surface area contributed by atoms with Gasteiger partial charge in [-0.1, -0.05) is 71.9 Å². The van der Waals surface area contributed by atoms with Gasteiger partial charge in [-0.05, 0) is 33.9 Å². The van der Waals surface area contributed by atoms with E-state index < -0.39 is 20.3 Å². The molecule has 4 heteroatoms. The molecule has 2 rings (SSSR count). The second kappa shape index (κ2) is 4.93. The number of rotatable bonds is 1. The number of fused-ring (bicyclic) bond motifs is 1. The normalized spacial score (nSPS) is 22.5. The summed E-state index contributed by atoms with van der Waals surface area (Å²) in [7, 11) is -4.29. The van der Waals surface area contributed by atoms with Crippen LogP contribution in [0.15, 0.2) is 24.3 Å². The highest BCUT2D eigenvalue weighted by Crippen LogP contribution is 2.54.